The summed E-state index contributed by atoms with van der Waals surface area (Å²) in [6.45, 7) is 2.27. The molecule has 25 heavy (non-hydrogen) atoms. The molecule has 1 aliphatic carbocycles. The lowest BCUT2D eigenvalue weighted by atomic mass is 9.92. The summed E-state index contributed by atoms with van der Waals surface area (Å²) >= 11 is 0. The summed E-state index contributed by atoms with van der Waals surface area (Å²) < 4.78 is 5.18. The highest BCUT2D eigenvalue weighted by Crippen LogP contribution is 2.32. The van der Waals surface area contributed by atoms with E-state index in [0.29, 0.717) is 12.6 Å². The van der Waals surface area contributed by atoms with Gasteiger partial charge in [0.1, 0.15) is 5.75 Å². The van der Waals surface area contributed by atoms with Gasteiger partial charge in [0.05, 0.1) is 19.1 Å². The molecule has 0 radical (unpaired) electrons. The van der Waals surface area contributed by atoms with Crippen molar-refractivity contribution >= 4 is 5.91 Å². The second-order valence-electron chi connectivity index (χ2n) is 6.92. The molecule has 0 aliphatic heterocycles. The number of rotatable bonds is 7. The van der Waals surface area contributed by atoms with Crippen molar-refractivity contribution in [1.82, 2.24) is 4.90 Å². The average molecular weight is 339 g/mol. The normalized spacial score (nSPS) is 16.1. The predicted octanol–water partition coefficient (Wildman–Crippen LogP) is 3.48. The fourth-order valence-corrected chi connectivity index (χ4v) is 3.03. The number of carbonyl (C=O) groups is 1. The summed E-state index contributed by atoms with van der Waals surface area (Å²) in [4.78, 5) is 14.8. The number of aliphatic hydroxyl groups is 1. The fourth-order valence-electron chi connectivity index (χ4n) is 3.03. The van der Waals surface area contributed by atoms with E-state index in [-0.39, 0.29) is 12.3 Å². The van der Waals surface area contributed by atoms with Gasteiger partial charge in [-0.25, -0.2) is 0 Å². The smallest absolute Gasteiger partial charge is 0.226 e. The van der Waals surface area contributed by atoms with Gasteiger partial charge in [-0.2, -0.15) is 0 Å². The quantitative estimate of drug-likeness (QED) is 0.840. The van der Waals surface area contributed by atoms with E-state index in [1.165, 1.54) is 0 Å². The Bertz CT molecular complexity index is 706. The van der Waals surface area contributed by atoms with Crippen LogP contribution in [0.25, 0.3) is 0 Å². The van der Waals surface area contributed by atoms with Crippen LogP contribution in [-0.4, -0.2) is 29.1 Å². The molecule has 4 nitrogen and oxygen atoms in total. The molecular weight excluding hydrogens is 314 g/mol. The lowest BCUT2D eigenvalue weighted by Crippen LogP contribution is -2.37. The number of hydrogen-bond acceptors (Lipinski definition) is 3. The Morgan fingerprint density at radius 1 is 1.16 bits per heavy atom. The lowest BCUT2D eigenvalue weighted by Gasteiger charge is -2.29. The van der Waals surface area contributed by atoms with Crippen LogP contribution in [0.15, 0.2) is 54.6 Å². The first-order valence-electron chi connectivity index (χ1n) is 8.70. The Hall–Kier alpha value is -2.33. The predicted molar refractivity (Wildman–Crippen MR) is 97.2 cm³/mol. The third kappa shape index (κ3) is 4.40. The Morgan fingerprint density at radius 2 is 1.80 bits per heavy atom. The number of benzene rings is 2. The molecule has 1 fully saturated rings. The van der Waals surface area contributed by atoms with Crippen LogP contribution in [0.3, 0.4) is 0 Å². The molecule has 1 aliphatic rings. The lowest BCUT2D eigenvalue weighted by molar-refractivity contribution is -0.137. The highest BCUT2D eigenvalue weighted by atomic mass is 16.5. The molecule has 1 saturated carbocycles. The summed E-state index contributed by atoms with van der Waals surface area (Å²) in [7, 11) is 1.64. The van der Waals surface area contributed by atoms with Gasteiger partial charge in [0.25, 0.3) is 0 Å². The van der Waals surface area contributed by atoms with Crippen LogP contribution in [-0.2, 0) is 16.9 Å². The maximum absolute atomic E-state index is 12.9. The Kier molecular flexibility index (Phi) is 5.09. The van der Waals surface area contributed by atoms with Crippen molar-refractivity contribution in [3.8, 4) is 5.75 Å². The third-order valence-corrected chi connectivity index (χ3v) is 4.71. The van der Waals surface area contributed by atoms with E-state index in [1.54, 1.807) is 14.0 Å². The summed E-state index contributed by atoms with van der Waals surface area (Å²) in [5, 5.41) is 10.8. The van der Waals surface area contributed by atoms with Crippen LogP contribution >= 0.6 is 0 Å². The van der Waals surface area contributed by atoms with E-state index in [2.05, 4.69) is 0 Å². The molecule has 0 heterocycles. The first-order chi connectivity index (χ1) is 12.0. The number of carbonyl (C=O) groups excluding carboxylic acids is 1. The number of nitrogens with zero attached hydrogens (tertiary/aromatic N) is 1. The van der Waals surface area contributed by atoms with Crippen LogP contribution in [0.2, 0.25) is 0 Å². The van der Waals surface area contributed by atoms with Crippen LogP contribution in [0.1, 0.15) is 37.3 Å². The van der Waals surface area contributed by atoms with E-state index in [0.717, 1.165) is 29.7 Å². The van der Waals surface area contributed by atoms with Gasteiger partial charge in [0.2, 0.25) is 5.91 Å². The first-order valence-corrected chi connectivity index (χ1v) is 8.70. The Labute approximate surface area is 149 Å². The van der Waals surface area contributed by atoms with Gasteiger partial charge in [-0.1, -0.05) is 42.5 Å². The maximum atomic E-state index is 12.9. The number of methoxy groups -OCH3 is 1. The molecule has 0 saturated heterocycles. The number of amides is 1. The molecule has 2 aromatic carbocycles. The maximum Gasteiger partial charge on any atom is 0.226 e. The van der Waals surface area contributed by atoms with Crippen molar-refractivity contribution in [3.05, 3.63) is 65.7 Å². The van der Waals surface area contributed by atoms with Gasteiger partial charge in [-0.3, -0.25) is 4.79 Å². The van der Waals surface area contributed by atoms with Gasteiger partial charge in [-0.05, 0) is 43.0 Å². The minimum absolute atomic E-state index is 0.00725. The zero-order valence-electron chi connectivity index (χ0n) is 14.8. The Balaban J connectivity index is 1.70. The van der Waals surface area contributed by atoms with E-state index in [4.69, 9.17) is 4.74 Å². The van der Waals surface area contributed by atoms with Gasteiger partial charge in [0, 0.05) is 12.6 Å². The third-order valence-electron chi connectivity index (χ3n) is 4.71. The minimum atomic E-state index is -1.16. The van der Waals surface area contributed by atoms with Crippen LogP contribution in [0, 0.1) is 0 Å². The largest absolute Gasteiger partial charge is 0.497 e. The highest BCUT2D eigenvalue weighted by molar-refractivity contribution is 5.78. The molecule has 1 amide bonds. The van der Waals surface area contributed by atoms with Gasteiger partial charge < -0.3 is 14.7 Å². The molecule has 4 heteroatoms. The monoisotopic (exact) mass is 339 g/mol. The molecule has 132 valence electrons. The number of hydrogen-bond donors (Lipinski definition) is 1. The summed E-state index contributed by atoms with van der Waals surface area (Å²) in [5.41, 5.74) is 0.676. The van der Waals surface area contributed by atoms with Gasteiger partial charge in [-0.15, -0.1) is 0 Å². The highest BCUT2D eigenvalue weighted by Gasteiger charge is 2.36. The Morgan fingerprint density at radius 3 is 2.36 bits per heavy atom. The van der Waals surface area contributed by atoms with Crippen LogP contribution in [0.5, 0.6) is 5.75 Å². The topological polar surface area (TPSA) is 49.8 Å². The van der Waals surface area contributed by atoms with E-state index < -0.39 is 5.60 Å². The van der Waals surface area contributed by atoms with E-state index >= 15 is 0 Å². The van der Waals surface area contributed by atoms with Crippen molar-refractivity contribution in [2.45, 2.75) is 44.4 Å². The molecule has 0 aromatic heterocycles. The van der Waals surface area contributed by atoms with Gasteiger partial charge in [0.15, 0.2) is 0 Å². The number of ether oxygens (including phenoxy) is 1. The SMILES string of the molecule is COc1ccc(CN(C(=O)CC(C)(O)c2ccccc2)C2CC2)cc1. The summed E-state index contributed by atoms with van der Waals surface area (Å²) in [5.74, 6) is 0.798. The zero-order chi connectivity index (χ0) is 17.9. The summed E-state index contributed by atoms with van der Waals surface area (Å²) in [6.07, 6.45) is 2.16. The molecule has 1 atom stereocenters. The first kappa shape index (κ1) is 17.5. The molecule has 0 bridgehead atoms. The average Bonchev–Trinajstić information content (AvgIpc) is 3.45. The summed E-state index contributed by atoms with van der Waals surface area (Å²) in [6, 6.07) is 17.5. The molecule has 2 aromatic rings. The minimum Gasteiger partial charge on any atom is -0.497 e. The van der Waals surface area contributed by atoms with Crippen LogP contribution < -0.4 is 4.74 Å². The van der Waals surface area contributed by atoms with Crippen molar-refractivity contribution in [1.29, 1.82) is 0 Å². The van der Waals surface area contributed by atoms with E-state index in [9.17, 15) is 9.90 Å². The van der Waals surface area contributed by atoms with E-state index in [1.807, 2.05) is 59.5 Å². The van der Waals surface area contributed by atoms with Crippen molar-refractivity contribution in [3.63, 3.8) is 0 Å². The second kappa shape index (κ2) is 7.28. The van der Waals surface area contributed by atoms with Crippen LogP contribution in [0.4, 0.5) is 0 Å². The molecule has 0 spiro atoms. The second-order valence-corrected chi connectivity index (χ2v) is 6.92. The standard InChI is InChI=1S/C21H25NO3/c1-21(24,17-6-4-3-5-7-17)14-20(23)22(18-10-11-18)15-16-8-12-19(25-2)13-9-16/h3-9,12-13,18,24H,10-11,14-15H2,1-2H3. The van der Waals surface area contributed by atoms with Gasteiger partial charge >= 0.3 is 0 Å². The fraction of sp³-hybridized carbons (Fsp3) is 0.381. The molecule has 3 rings (SSSR count). The molecule has 1 unspecified atom stereocenters. The zero-order valence-corrected chi connectivity index (χ0v) is 14.8. The molecule has 1 N–H and O–H groups in total. The van der Waals surface area contributed by atoms with Crippen molar-refractivity contribution in [2.75, 3.05) is 7.11 Å². The van der Waals surface area contributed by atoms with Crippen molar-refractivity contribution < 1.29 is 14.6 Å². The molecular formula is C21H25NO3. The van der Waals surface area contributed by atoms with Crippen molar-refractivity contribution in [2.24, 2.45) is 0 Å².